The first-order valence-electron chi connectivity index (χ1n) is 11.6. The molecule has 3 heterocycles. The fourth-order valence-electron chi connectivity index (χ4n) is 4.41. The van der Waals surface area contributed by atoms with Crippen molar-refractivity contribution in [2.75, 3.05) is 18.4 Å². The van der Waals surface area contributed by atoms with Crippen LogP contribution in [0.2, 0.25) is 0 Å². The summed E-state index contributed by atoms with van der Waals surface area (Å²) in [6.07, 6.45) is 9.25. The lowest BCUT2D eigenvalue weighted by molar-refractivity contribution is -0.137. The first kappa shape index (κ1) is 22.1. The summed E-state index contributed by atoms with van der Waals surface area (Å²) in [6.45, 7) is 5.53. The number of aromatic carboxylic acids is 1. The Bertz CT molecular complexity index is 1220. The Balaban J connectivity index is 1.25. The van der Waals surface area contributed by atoms with E-state index >= 15 is 0 Å². The van der Waals surface area contributed by atoms with Crippen LogP contribution in [0.15, 0.2) is 42.9 Å². The normalized spacial score (nSPS) is 17.4. The molecule has 0 unspecified atom stereocenters. The second-order valence-corrected chi connectivity index (χ2v) is 9.53. The molecular weight excluding hydrogens is 432 g/mol. The van der Waals surface area contributed by atoms with Gasteiger partial charge >= 0.3 is 5.97 Å². The van der Waals surface area contributed by atoms with Gasteiger partial charge in [0.2, 0.25) is 11.9 Å². The Morgan fingerprint density at radius 1 is 1.12 bits per heavy atom. The number of rotatable bonds is 6. The third-order valence-electron chi connectivity index (χ3n) is 6.88. The number of hydrogen-bond acceptors (Lipinski definition) is 6. The van der Waals surface area contributed by atoms with E-state index in [9.17, 15) is 9.59 Å². The van der Waals surface area contributed by atoms with Crippen LogP contribution in [0.3, 0.4) is 0 Å². The molecule has 2 aromatic heterocycles. The lowest BCUT2D eigenvalue weighted by atomic mass is 10.0. The van der Waals surface area contributed by atoms with Crippen molar-refractivity contribution in [2.45, 2.75) is 45.6 Å². The van der Waals surface area contributed by atoms with Gasteiger partial charge in [0.25, 0.3) is 0 Å². The van der Waals surface area contributed by atoms with Crippen molar-refractivity contribution < 1.29 is 14.7 Å². The quantitative estimate of drug-likeness (QED) is 0.570. The fraction of sp³-hybridized carbons (Fsp3) is 0.400. The van der Waals surface area contributed by atoms with E-state index in [0.29, 0.717) is 11.9 Å². The van der Waals surface area contributed by atoms with Gasteiger partial charge in [0.05, 0.1) is 29.2 Å². The number of aromatic nitrogens is 4. The highest BCUT2D eigenvalue weighted by Gasteiger charge is 2.47. The van der Waals surface area contributed by atoms with Gasteiger partial charge < -0.3 is 15.3 Å². The predicted molar refractivity (Wildman–Crippen MR) is 127 cm³/mol. The molecule has 1 saturated heterocycles. The molecule has 1 aliphatic carbocycles. The number of anilines is 2. The highest BCUT2D eigenvalue weighted by molar-refractivity contribution is 5.88. The number of nitrogens with one attached hydrogen (secondary N) is 1. The second kappa shape index (κ2) is 8.55. The minimum absolute atomic E-state index is 0.110. The lowest BCUT2D eigenvalue weighted by Gasteiger charge is -2.33. The molecule has 176 valence electrons. The SMILES string of the molecule is Cc1cnc(Nc2cnn(C3CCN(C(=O)C4(C)CC4)CC3)c2)nc1-c1ccc(C(=O)O)cc1. The summed E-state index contributed by atoms with van der Waals surface area (Å²) in [5, 5.41) is 16.9. The number of hydrogen-bond donors (Lipinski definition) is 2. The number of carboxylic acids is 1. The molecule has 3 aromatic rings. The van der Waals surface area contributed by atoms with Gasteiger partial charge in [-0.05, 0) is 50.3 Å². The minimum Gasteiger partial charge on any atom is -0.478 e. The molecule has 2 N–H and O–H groups in total. The number of carbonyl (C=O) groups is 2. The van der Waals surface area contributed by atoms with Gasteiger partial charge in [0, 0.05) is 36.5 Å². The van der Waals surface area contributed by atoms with Crippen LogP contribution >= 0.6 is 0 Å². The Morgan fingerprint density at radius 2 is 1.82 bits per heavy atom. The molecule has 0 atom stereocenters. The van der Waals surface area contributed by atoms with E-state index in [1.165, 1.54) is 0 Å². The van der Waals surface area contributed by atoms with Gasteiger partial charge in [0.15, 0.2) is 0 Å². The summed E-state index contributed by atoms with van der Waals surface area (Å²) in [4.78, 5) is 34.7. The Labute approximate surface area is 197 Å². The highest BCUT2D eigenvalue weighted by Crippen LogP contribution is 2.47. The van der Waals surface area contributed by atoms with Crippen molar-refractivity contribution in [3.05, 3.63) is 54.0 Å². The Kier molecular flexibility index (Phi) is 5.55. The summed E-state index contributed by atoms with van der Waals surface area (Å²) in [5.41, 5.74) is 3.37. The molecular formula is C25H28N6O3. The molecule has 5 rings (SSSR count). The van der Waals surface area contributed by atoms with Gasteiger partial charge in [-0.3, -0.25) is 9.48 Å². The Morgan fingerprint density at radius 3 is 2.47 bits per heavy atom. The van der Waals surface area contributed by atoms with E-state index in [-0.39, 0.29) is 17.0 Å². The minimum atomic E-state index is -0.959. The van der Waals surface area contributed by atoms with E-state index < -0.39 is 5.97 Å². The van der Waals surface area contributed by atoms with E-state index in [2.05, 4.69) is 27.3 Å². The molecule has 1 aliphatic heterocycles. The van der Waals surface area contributed by atoms with Gasteiger partial charge in [0.1, 0.15) is 0 Å². The van der Waals surface area contributed by atoms with E-state index in [0.717, 1.165) is 61.3 Å². The highest BCUT2D eigenvalue weighted by atomic mass is 16.4. The number of nitrogens with zero attached hydrogens (tertiary/aromatic N) is 5. The fourth-order valence-corrected chi connectivity index (χ4v) is 4.41. The van der Waals surface area contributed by atoms with Gasteiger partial charge in [-0.15, -0.1) is 0 Å². The van der Waals surface area contributed by atoms with Crippen LogP contribution < -0.4 is 5.32 Å². The van der Waals surface area contributed by atoms with E-state index in [1.54, 1.807) is 36.7 Å². The average molecular weight is 461 g/mol. The van der Waals surface area contributed by atoms with Crippen molar-refractivity contribution in [2.24, 2.45) is 5.41 Å². The van der Waals surface area contributed by atoms with Crippen molar-refractivity contribution in [3.8, 4) is 11.3 Å². The zero-order chi connectivity index (χ0) is 23.9. The molecule has 9 heteroatoms. The zero-order valence-corrected chi connectivity index (χ0v) is 19.4. The monoisotopic (exact) mass is 460 g/mol. The molecule has 0 bridgehead atoms. The maximum atomic E-state index is 12.6. The molecule has 34 heavy (non-hydrogen) atoms. The average Bonchev–Trinajstić information content (AvgIpc) is 3.43. The predicted octanol–water partition coefficient (Wildman–Crippen LogP) is 4.05. The molecule has 2 aliphatic rings. The maximum absolute atomic E-state index is 12.6. The number of aryl methyl sites for hydroxylation is 1. The van der Waals surface area contributed by atoms with Crippen LogP contribution in [-0.2, 0) is 4.79 Å². The topological polar surface area (TPSA) is 113 Å². The third kappa shape index (κ3) is 4.37. The summed E-state index contributed by atoms with van der Waals surface area (Å²) < 4.78 is 1.96. The second-order valence-electron chi connectivity index (χ2n) is 9.53. The third-order valence-corrected chi connectivity index (χ3v) is 6.88. The molecule has 9 nitrogen and oxygen atoms in total. The number of carbonyl (C=O) groups excluding carboxylic acids is 1. The number of carboxylic acid groups (broad SMARTS) is 1. The molecule has 0 radical (unpaired) electrons. The van der Waals surface area contributed by atoms with Gasteiger partial charge in [-0.25, -0.2) is 14.8 Å². The summed E-state index contributed by atoms with van der Waals surface area (Å²) in [5.74, 6) is -0.209. The Hall–Kier alpha value is -3.75. The lowest BCUT2D eigenvalue weighted by Crippen LogP contribution is -2.42. The summed E-state index contributed by atoms with van der Waals surface area (Å²) >= 11 is 0. The van der Waals surface area contributed by atoms with Crippen molar-refractivity contribution in [1.29, 1.82) is 0 Å². The zero-order valence-electron chi connectivity index (χ0n) is 19.4. The first-order valence-corrected chi connectivity index (χ1v) is 11.6. The van der Waals surface area contributed by atoms with Crippen LogP contribution in [0.1, 0.15) is 54.6 Å². The van der Waals surface area contributed by atoms with Crippen LogP contribution in [0.4, 0.5) is 11.6 Å². The van der Waals surface area contributed by atoms with Crippen molar-refractivity contribution >= 4 is 23.5 Å². The smallest absolute Gasteiger partial charge is 0.335 e. The van der Waals surface area contributed by atoms with Crippen molar-refractivity contribution in [1.82, 2.24) is 24.6 Å². The van der Waals surface area contributed by atoms with Gasteiger partial charge in [-0.1, -0.05) is 19.1 Å². The maximum Gasteiger partial charge on any atom is 0.335 e. The van der Waals surface area contributed by atoms with E-state index in [4.69, 9.17) is 5.11 Å². The molecule has 1 saturated carbocycles. The van der Waals surface area contributed by atoms with Crippen molar-refractivity contribution in [3.63, 3.8) is 0 Å². The van der Waals surface area contributed by atoms with Crippen LogP contribution in [0.5, 0.6) is 0 Å². The molecule has 1 aromatic carbocycles. The number of likely N-dealkylation sites (tertiary alicyclic amines) is 1. The molecule has 1 amide bonds. The van der Waals surface area contributed by atoms with Crippen LogP contribution in [0.25, 0.3) is 11.3 Å². The number of amides is 1. The van der Waals surface area contributed by atoms with Gasteiger partial charge in [-0.2, -0.15) is 5.10 Å². The largest absolute Gasteiger partial charge is 0.478 e. The van der Waals surface area contributed by atoms with Crippen LogP contribution in [0, 0.1) is 12.3 Å². The number of benzene rings is 1. The summed E-state index contributed by atoms with van der Waals surface area (Å²) in [6, 6.07) is 6.90. The molecule has 0 spiro atoms. The summed E-state index contributed by atoms with van der Waals surface area (Å²) in [7, 11) is 0. The molecule has 2 fully saturated rings. The standard InChI is InChI=1S/C25H28N6O3/c1-16-13-26-24(29-21(16)17-3-5-18(6-4-17)22(32)33)28-19-14-27-31(15-19)20-7-11-30(12-8-20)23(34)25(2)9-10-25/h3-6,13-15,20H,7-12H2,1-2H3,(H,32,33)(H,26,28,29). The van der Waals surface area contributed by atoms with Crippen LogP contribution in [-0.4, -0.2) is 54.7 Å². The van der Waals surface area contributed by atoms with E-state index in [1.807, 2.05) is 22.7 Å². The first-order chi connectivity index (χ1) is 16.3. The number of piperidine rings is 1.